The Bertz CT molecular complexity index is 716. The molecule has 0 aromatic heterocycles. The van der Waals surface area contributed by atoms with E-state index in [1.807, 2.05) is 67.7 Å². The molecule has 1 unspecified atom stereocenters. The van der Waals surface area contributed by atoms with Crippen LogP contribution in [-0.2, 0) is 22.8 Å². The lowest BCUT2D eigenvalue weighted by atomic mass is 10.1. The van der Waals surface area contributed by atoms with Crippen molar-refractivity contribution in [3.8, 4) is 0 Å². The van der Waals surface area contributed by atoms with Crippen molar-refractivity contribution in [3.05, 3.63) is 71.8 Å². The number of benzene rings is 2. The maximum atomic E-state index is 12.6. The van der Waals surface area contributed by atoms with Gasteiger partial charge in [0.1, 0.15) is 6.61 Å². The predicted molar refractivity (Wildman–Crippen MR) is 98.0 cm³/mol. The second-order valence-electron chi connectivity index (χ2n) is 6.23. The number of nitrogens with one attached hydrogen (secondary N) is 1. The Morgan fingerprint density at radius 2 is 1.76 bits per heavy atom. The average molecular weight is 337 g/mol. The molecule has 0 aliphatic carbocycles. The Morgan fingerprint density at radius 1 is 1.12 bits per heavy atom. The third-order valence-corrected chi connectivity index (χ3v) is 4.20. The fraction of sp³-hybridized carbons (Fsp3) is 0.300. The summed E-state index contributed by atoms with van der Waals surface area (Å²) in [4.78, 5) is 19.7. The molecule has 0 spiro atoms. The monoisotopic (exact) mass is 337 g/mol. The van der Waals surface area contributed by atoms with E-state index in [1.54, 1.807) is 4.90 Å². The standard InChI is InChI=1S/C20H23N3O2/c1-23(14-16-8-4-2-5-9-16)20(24)19-12-18(13-21-19)22-25-15-17-10-6-3-7-11-17/h2-11,19,21H,12-15H2,1H3. The van der Waals surface area contributed by atoms with Crippen molar-refractivity contribution in [1.29, 1.82) is 0 Å². The number of hydrogen-bond donors (Lipinski definition) is 1. The van der Waals surface area contributed by atoms with Gasteiger partial charge in [0.2, 0.25) is 5.91 Å². The lowest BCUT2D eigenvalue weighted by molar-refractivity contribution is -0.132. The van der Waals surface area contributed by atoms with Crippen LogP contribution in [0.5, 0.6) is 0 Å². The minimum atomic E-state index is -0.229. The SMILES string of the molecule is CN(Cc1ccccc1)C(=O)C1CC(=NOCc2ccccc2)CN1. The lowest BCUT2D eigenvalue weighted by Gasteiger charge is -2.20. The minimum Gasteiger partial charge on any atom is -0.391 e. The molecule has 1 amide bonds. The molecule has 1 heterocycles. The van der Waals surface area contributed by atoms with Crippen LogP contribution in [0.3, 0.4) is 0 Å². The first-order chi connectivity index (χ1) is 12.2. The van der Waals surface area contributed by atoms with Crippen molar-refractivity contribution >= 4 is 11.6 Å². The van der Waals surface area contributed by atoms with Crippen LogP contribution >= 0.6 is 0 Å². The van der Waals surface area contributed by atoms with Crippen LogP contribution in [0.15, 0.2) is 65.8 Å². The van der Waals surface area contributed by atoms with Crippen LogP contribution in [-0.4, -0.2) is 36.2 Å². The van der Waals surface area contributed by atoms with Gasteiger partial charge < -0.3 is 15.1 Å². The molecule has 2 aromatic carbocycles. The van der Waals surface area contributed by atoms with E-state index >= 15 is 0 Å². The summed E-state index contributed by atoms with van der Waals surface area (Å²) < 4.78 is 0. The molecular formula is C20H23N3O2. The van der Waals surface area contributed by atoms with Gasteiger partial charge in [-0.15, -0.1) is 0 Å². The van der Waals surface area contributed by atoms with Crippen LogP contribution < -0.4 is 5.32 Å². The van der Waals surface area contributed by atoms with E-state index < -0.39 is 0 Å². The number of oxime groups is 1. The summed E-state index contributed by atoms with van der Waals surface area (Å²) in [5, 5.41) is 7.40. The smallest absolute Gasteiger partial charge is 0.240 e. The van der Waals surface area contributed by atoms with Gasteiger partial charge in [-0.2, -0.15) is 0 Å². The quantitative estimate of drug-likeness (QED) is 0.824. The molecule has 25 heavy (non-hydrogen) atoms. The van der Waals surface area contributed by atoms with Crippen LogP contribution in [0.1, 0.15) is 17.5 Å². The molecule has 0 saturated carbocycles. The highest BCUT2D eigenvalue weighted by Gasteiger charge is 2.29. The van der Waals surface area contributed by atoms with Crippen LogP contribution in [0.4, 0.5) is 0 Å². The predicted octanol–water partition coefficient (Wildman–Crippen LogP) is 2.58. The molecule has 1 aliphatic heterocycles. The molecule has 1 N–H and O–H groups in total. The van der Waals surface area contributed by atoms with Crippen molar-refractivity contribution in [3.63, 3.8) is 0 Å². The molecule has 0 radical (unpaired) electrons. The molecule has 5 nitrogen and oxygen atoms in total. The minimum absolute atomic E-state index is 0.0807. The van der Waals surface area contributed by atoms with Gasteiger partial charge >= 0.3 is 0 Å². The van der Waals surface area contributed by atoms with E-state index in [0.717, 1.165) is 16.8 Å². The van der Waals surface area contributed by atoms with E-state index in [4.69, 9.17) is 4.84 Å². The zero-order chi connectivity index (χ0) is 17.5. The number of nitrogens with zero attached hydrogens (tertiary/aromatic N) is 2. The molecular weight excluding hydrogens is 314 g/mol. The zero-order valence-electron chi connectivity index (χ0n) is 14.4. The highest BCUT2D eigenvalue weighted by molar-refractivity contribution is 5.96. The summed E-state index contributed by atoms with van der Waals surface area (Å²) in [6.07, 6.45) is 0.590. The molecule has 0 bridgehead atoms. The molecule has 1 fully saturated rings. The average Bonchev–Trinajstić information content (AvgIpc) is 3.11. The first-order valence-corrected chi connectivity index (χ1v) is 8.46. The summed E-state index contributed by atoms with van der Waals surface area (Å²) in [7, 11) is 1.83. The van der Waals surface area contributed by atoms with Gasteiger partial charge in [-0.05, 0) is 11.1 Å². The van der Waals surface area contributed by atoms with E-state index in [0.29, 0.717) is 26.1 Å². The number of rotatable bonds is 6. The number of amides is 1. The summed E-state index contributed by atoms with van der Waals surface area (Å²) in [5.74, 6) is 0.0807. The van der Waals surface area contributed by atoms with Gasteiger partial charge in [-0.25, -0.2) is 0 Å². The molecule has 3 rings (SSSR count). The summed E-state index contributed by atoms with van der Waals surface area (Å²) >= 11 is 0. The molecule has 1 saturated heterocycles. The van der Waals surface area contributed by atoms with Crippen molar-refractivity contribution in [2.24, 2.45) is 5.16 Å². The number of likely N-dealkylation sites (N-methyl/N-ethyl adjacent to an activating group) is 1. The molecule has 130 valence electrons. The van der Waals surface area contributed by atoms with Crippen LogP contribution in [0.25, 0.3) is 0 Å². The Morgan fingerprint density at radius 3 is 2.44 bits per heavy atom. The second kappa shape index (κ2) is 8.44. The Hall–Kier alpha value is -2.66. The highest BCUT2D eigenvalue weighted by atomic mass is 16.6. The Balaban J connectivity index is 1.48. The van der Waals surface area contributed by atoms with Gasteiger partial charge in [0.05, 0.1) is 11.8 Å². The highest BCUT2D eigenvalue weighted by Crippen LogP contribution is 2.11. The Labute approximate surface area is 148 Å². The van der Waals surface area contributed by atoms with Crippen molar-refractivity contribution in [2.45, 2.75) is 25.6 Å². The van der Waals surface area contributed by atoms with E-state index in [2.05, 4.69) is 10.5 Å². The summed E-state index contributed by atoms with van der Waals surface area (Å²) in [6.45, 7) is 1.63. The number of hydrogen-bond acceptors (Lipinski definition) is 4. The first kappa shape index (κ1) is 17.2. The van der Waals surface area contributed by atoms with Crippen LogP contribution in [0.2, 0.25) is 0 Å². The van der Waals surface area contributed by atoms with E-state index in [-0.39, 0.29) is 11.9 Å². The molecule has 5 heteroatoms. The summed E-state index contributed by atoms with van der Waals surface area (Å²) in [6, 6.07) is 19.7. The van der Waals surface area contributed by atoms with Gasteiger partial charge in [0.15, 0.2) is 0 Å². The van der Waals surface area contributed by atoms with E-state index in [9.17, 15) is 4.79 Å². The maximum Gasteiger partial charge on any atom is 0.240 e. The third-order valence-electron chi connectivity index (χ3n) is 4.20. The van der Waals surface area contributed by atoms with Gasteiger partial charge in [0, 0.05) is 26.6 Å². The van der Waals surface area contributed by atoms with Crippen molar-refractivity contribution < 1.29 is 9.63 Å². The van der Waals surface area contributed by atoms with E-state index in [1.165, 1.54) is 0 Å². The second-order valence-corrected chi connectivity index (χ2v) is 6.23. The summed E-state index contributed by atoms with van der Waals surface area (Å²) in [5.41, 5.74) is 3.08. The fourth-order valence-electron chi connectivity index (χ4n) is 2.84. The van der Waals surface area contributed by atoms with Crippen molar-refractivity contribution in [1.82, 2.24) is 10.2 Å². The van der Waals surface area contributed by atoms with Gasteiger partial charge in [0.25, 0.3) is 0 Å². The third kappa shape index (κ3) is 4.90. The molecule has 1 atom stereocenters. The number of carbonyl (C=O) groups is 1. The molecule has 2 aromatic rings. The zero-order valence-corrected chi connectivity index (χ0v) is 14.4. The lowest BCUT2D eigenvalue weighted by Crippen LogP contribution is -2.41. The largest absolute Gasteiger partial charge is 0.391 e. The molecule has 1 aliphatic rings. The topological polar surface area (TPSA) is 53.9 Å². The van der Waals surface area contributed by atoms with Crippen molar-refractivity contribution in [2.75, 3.05) is 13.6 Å². The normalized spacial score (nSPS) is 18.3. The van der Waals surface area contributed by atoms with Gasteiger partial charge in [-0.1, -0.05) is 65.8 Å². The Kier molecular flexibility index (Phi) is 5.80. The number of carbonyl (C=O) groups excluding carboxylic acids is 1. The van der Waals surface area contributed by atoms with Crippen LogP contribution in [0, 0.1) is 0 Å². The fourth-order valence-corrected chi connectivity index (χ4v) is 2.84. The maximum absolute atomic E-state index is 12.6. The first-order valence-electron chi connectivity index (χ1n) is 8.46. The van der Waals surface area contributed by atoms with Gasteiger partial charge in [-0.3, -0.25) is 4.79 Å².